The van der Waals surface area contributed by atoms with Gasteiger partial charge in [-0.15, -0.1) is 0 Å². The van der Waals surface area contributed by atoms with E-state index in [1.807, 2.05) is 0 Å². The van der Waals surface area contributed by atoms with E-state index in [9.17, 15) is 0 Å². The van der Waals surface area contributed by atoms with Crippen molar-refractivity contribution in [2.75, 3.05) is 0 Å². The summed E-state index contributed by atoms with van der Waals surface area (Å²) in [6.45, 7) is 10.9. The summed E-state index contributed by atoms with van der Waals surface area (Å²) in [7, 11) is 0. The lowest BCUT2D eigenvalue weighted by molar-refractivity contribution is 0.399. The van der Waals surface area contributed by atoms with E-state index in [2.05, 4.69) is 27.4 Å². The molecule has 0 aromatic carbocycles. The zero-order chi connectivity index (χ0) is 10.6. The molecule has 0 atom stereocenters. The Morgan fingerprint density at radius 1 is 1.07 bits per heavy atom. The van der Waals surface area contributed by atoms with E-state index in [1.165, 1.54) is 48.8 Å². The van der Waals surface area contributed by atoms with Crippen LogP contribution in [0.4, 0.5) is 0 Å². The molecule has 0 aromatic heterocycles. The first-order valence-corrected chi connectivity index (χ1v) is 5.92. The molecule has 0 unspecified atom stereocenters. The Labute approximate surface area is 89.1 Å². The fraction of sp³-hybridized carbons (Fsp3) is 0.714. The highest BCUT2D eigenvalue weighted by Crippen LogP contribution is 2.32. The maximum Gasteiger partial charge on any atom is -0.0109 e. The fourth-order valence-corrected chi connectivity index (χ4v) is 2.17. The molecule has 0 N–H and O–H groups in total. The Balaban J connectivity index is 2.45. The molecule has 0 heteroatoms. The van der Waals surface area contributed by atoms with Crippen LogP contribution in [0.1, 0.15) is 59.3 Å². The van der Waals surface area contributed by atoms with Gasteiger partial charge in [0.15, 0.2) is 0 Å². The Kier molecular flexibility index (Phi) is 4.44. The Bertz CT molecular complexity index is 222. The summed E-state index contributed by atoms with van der Waals surface area (Å²) >= 11 is 0. The van der Waals surface area contributed by atoms with Crippen molar-refractivity contribution in [2.24, 2.45) is 5.92 Å². The molecule has 0 aromatic rings. The van der Waals surface area contributed by atoms with Crippen molar-refractivity contribution in [1.29, 1.82) is 0 Å². The summed E-state index contributed by atoms with van der Waals surface area (Å²) in [6, 6.07) is 0. The Morgan fingerprint density at radius 3 is 2.14 bits per heavy atom. The van der Waals surface area contributed by atoms with E-state index in [4.69, 9.17) is 0 Å². The second-order valence-electron chi connectivity index (χ2n) is 4.95. The predicted octanol–water partition coefficient (Wildman–Crippen LogP) is 4.87. The van der Waals surface area contributed by atoms with Gasteiger partial charge in [-0.25, -0.2) is 0 Å². The number of allylic oxidation sites excluding steroid dienone is 3. The highest BCUT2D eigenvalue weighted by molar-refractivity contribution is 5.17. The van der Waals surface area contributed by atoms with Gasteiger partial charge in [0.25, 0.3) is 0 Å². The molecule has 0 heterocycles. The van der Waals surface area contributed by atoms with E-state index in [0.717, 1.165) is 12.3 Å². The highest BCUT2D eigenvalue weighted by atomic mass is 14.2. The molecule has 0 bridgehead atoms. The van der Waals surface area contributed by atoms with Gasteiger partial charge in [0.2, 0.25) is 0 Å². The summed E-state index contributed by atoms with van der Waals surface area (Å²) in [5.74, 6) is 0.818. The van der Waals surface area contributed by atoms with Crippen LogP contribution in [0.15, 0.2) is 23.3 Å². The van der Waals surface area contributed by atoms with Crippen LogP contribution in [-0.4, -0.2) is 0 Å². The minimum atomic E-state index is 0.818. The first-order valence-electron chi connectivity index (χ1n) is 5.92. The molecule has 0 spiro atoms. The smallest absolute Gasteiger partial charge is 0.0109 e. The van der Waals surface area contributed by atoms with Gasteiger partial charge in [0.05, 0.1) is 0 Å². The van der Waals surface area contributed by atoms with Crippen LogP contribution in [0.5, 0.6) is 0 Å². The predicted molar refractivity (Wildman–Crippen MR) is 64.4 cm³/mol. The van der Waals surface area contributed by atoms with E-state index < -0.39 is 0 Å². The minimum absolute atomic E-state index is 0.818. The zero-order valence-corrected chi connectivity index (χ0v) is 10.0. The zero-order valence-electron chi connectivity index (χ0n) is 10.0. The number of rotatable bonds is 3. The third-order valence-electron chi connectivity index (χ3n) is 3.53. The maximum absolute atomic E-state index is 4.27. The fourth-order valence-electron chi connectivity index (χ4n) is 2.17. The SMILES string of the molecule is C=C(CC(C)=C(C)C)C1CCCCC1. The van der Waals surface area contributed by atoms with Crippen molar-refractivity contribution < 1.29 is 0 Å². The molecule has 0 nitrogen and oxygen atoms in total. The van der Waals surface area contributed by atoms with Crippen LogP contribution >= 0.6 is 0 Å². The molecular weight excluding hydrogens is 168 g/mol. The third-order valence-corrected chi connectivity index (χ3v) is 3.53. The standard InChI is InChI=1S/C14H24/c1-11(2)12(3)10-13(4)14-8-6-5-7-9-14/h14H,4-10H2,1-3H3. The largest absolute Gasteiger partial charge is 0.0993 e. The Hall–Kier alpha value is -0.520. The van der Waals surface area contributed by atoms with Crippen molar-refractivity contribution in [1.82, 2.24) is 0 Å². The van der Waals surface area contributed by atoms with Crippen LogP contribution in [0.25, 0.3) is 0 Å². The topological polar surface area (TPSA) is 0 Å². The molecule has 1 fully saturated rings. The second kappa shape index (κ2) is 5.38. The van der Waals surface area contributed by atoms with Crippen LogP contribution < -0.4 is 0 Å². The van der Waals surface area contributed by atoms with E-state index >= 15 is 0 Å². The molecular formula is C14H24. The average molecular weight is 192 g/mol. The van der Waals surface area contributed by atoms with Crippen molar-refractivity contribution >= 4 is 0 Å². The molecule has 1 aliphatic carbocycles. The minimum Gasteiger partial charge on any atom is -0.0993 e. The molecule has 1 saturated carbocycles. The van der Waals surface area contributed by atoms with Gasteiger partial charge in [0.1, 0.15) is 0 Å². The molecule has 80 valence electrons. The van der Waals surface area contributed by atoms with Gasteiger partial charge < -0.3 is 0 Å². The molecule has 1 rings (SSSR count). The molecule has 14 heavy (non-hydrogen) atoms. The number of hydrogen-bond acceptors (Lipinski definition) is 0. The summed E-state index contributed by atoms with van der Waals surface area (Å²) < 4.78 is 0. The maximum atomic E-state index is 4.27. The first-order chi connectivity index (χ1) is 6.61. The third kappa shape index (κ3) is 3.32. The Morgan fingerprint density at radius 2 is 1.64 bits per heavy atom. The quantitative estimate of drug-likeness (QED) is 0.560. The van der Waals surface area contributed by atoms with Gasteiger partial charge >= 0.3 is 0 Å². The van der Waals surface area contributed by atoms with Crippen LogP contribution in [-0.2, 0) is 0 Å². The van der Waals surface area contributed by atoms with Crippen molar-refractivity contribution in [3.63, 3.8) is 0 Å². The van der Waals surface area contributed by atoms with Gasteiger partial charge in [-0.3, -0.25) is 0 Å². The molecule has 0 saturated heterocycles. The first kappa shape index (κ1) is 11.6. The van der Waals surface area contributed by atoms with E-state index in [-0.39, 0.29) is 0 Å². The van der Waals surface area contributed by atoms with Gasteiger partial charge in [-0.05, 0) is 46.0 Å². The lowest BCUT2D eigenvalue weighted by Gasteiger charge is -2.24. The van der Waals surface area contributed by atoms with Crippen molar-refractivity contribution in [2.45, 2.75) is 59.3 Å². The lowest BCUT2D eigenvalue weighted by Crippen LogP contribution is -2.08. The molecule has 0 radical (unpaired) electrons. The summed E-state index contributed by atoms with van der Waals surface area (Å²) in [5.41, 5.74) is 4.45. The van der Waals surface area contributed by atoms with Crippen LogP contribution in [0.2, 0.25) is 0 Å². The number of hydrogen-bond donors (Lipinski definition) is 0. The molecule has 0 aliphatic heterocycles. The summed E-state index contributed by atoms with van der Waals surface area (Å²) in [4.78, 5) is 0. The summed E-state index contributed by atoms with van der Waals surface area (Å²) in [5, 5.41) is 0. The van der Waals surface area contributed by atoms with Crippen LogP contribution in [0.3, 0.4) is 0 Å². The second-order valence-corrected chi connectivity index (χ2v) is 4.95. The van der Waals surface area contributed by atoms with Gasteiger partial charge in [-0.1, -0.05) is 42.6 Å². The van der Waals surface area contributed by atoms with Crippen molar-refractivity contribution in [3.8, 4) is 0 Å². The lowest BCUT2D eigenvalue weighted by atomic mass is 9.82. The monoisotopic (exact) mass is 192 g/mol. The molecule has 1 aliphatic rings. The van der Waals surface area contributed by atoms with Gasteiger partial charge in [0, 0.05) is 0 Å². The normalized spacial score (nSPS) is 17.9. The highest BCUT2D eigenvalue weighted by Gasteiger charge is 2.16. The van der Waals surface area contributed by atoms with Gasteiger partial charge in [-0.2, -0.15) is 0 Å². The van der Waals surface area contributed by atoms with Crippen molar-refractivity contribution in [3.05, 3.63) is 23.3 Å². The van der Waals surface area contributed by atoms with E-state index in [1.54, 1.807) is 0 Å². The van der Waals surface area contributed by atoms with E-state index in [0.29, 0.717) is 0 Å². The van der Waals surface area contributed by atoms with Crippen LogP contribution in [0, 0.1) is 5.92 Å². The summed E-state index contributed by atoms with van der Waals surface area (Å²) in [6.07, 6.45) is 8.16. The average Bonchev–Trinajstić information content (AvgIpc) is 2.19. The molecule has 0 amide bonds.